The Morgan fingerprint density at radius 2 is 1.94 bits per heavy atom. The Kier molecular flexibility index (Phi) is 3.24. The molecule has 0 atom stereocenters. The Morgan fingerprint density at radius 3 is 2.59 bits per heavy atom. The Morgan fingerprint density at radius 1 is 1.24 bits per heavy atom. The fraction of sp³-hybridized carbons (Fsp3) is 0.167. The number of anilines is 1. The highest BCUT2D eigenvalue weighted by Gasteiger charge is 2.13. The van der Waals surface area contributed by atoms with Gasteiger partial charge in [-0.15, -0.1) is 0 Å². The zero-order chi connectivity index (χ0) is 12.4. The first-order valence-corrected chi connectivity index (χ1v) is 5.48. The summed E-state index contributed by atoms with van der Waals surface area (Å²) in [7, 11) is 1.61. The van der Waals surface area contributed by atoms with Crippen LogP contribution < -0.4 is 5.32 Å². The van der Waals surface area contributed by atoms with Crippen LogP contribution in [0, 0.1) is 12.7 Å². The maximum Gasteiger partial charge on any atom is 0.186 e. The van der Waals surface area contributed by atoms with E-state index in [1.807, 2.05) is 12.1 Å². The largest absolute Gasteiger partial charge is 0.371 e. The number of hydrogen-bond acceptors (Lipinski definition) is 3. The van der Waals surface area contributed by atoms with E-state index in [1.165, 1.54) is 0 Å². The van der Waals surface area contributed by atoms with Gasteiger partial charge < -0.3 is 5.32 Å². The molecule has 0 aliphatic heterocycles. The molecule has 0 aliphatic carbocycles. The number of halogens is 2. The third kappa shape index (κ3) is 2.22. The van der Waals surface area contributed by atoms with Crippen molar-refractivity contribution in [2.75, 3.05) is 12.4 Å². The van der Waals surface area contributed by atoms with Crippen molar-refractivity contribution in [3.8, 4) is 11.4 Å². The second kappa shape index (κ2) is 4.67. The summed E-state index contributed by atoms with van der Waals surface area (Å²) in [5.74, 6) is 0.148. The minimum atomic E-state index is -0.441. The summed E-state index contributed by atoms with van der Waals surface area (Å²) in [5, 5.41) is 3.24. The van der Waals surface area contributed by atoms with Crippen molar-refractivity contribution in [3.63, 3.8) is 0 Å². The van der Waals surface area contributed by atoms with Crippen LogP contribution in [0.3, 0.4) is 0 Å². The van der Waals surface area contributed by atoms with Crippen molar-refractivity contribution in [2.24, 2.45) is 0 Å². The summed E-state index contributed by atoms with van der Waals surface area (Å²) in [5.41, 5.74) is 0.980. The van der Waals surface area contributed by atoms with Gasteiger partial charge in [-0.25, -0.2) is 14.4 Å². The fourth-order valence-corrected chi connectivity index (χ4v) is 1.71. The van der Waals surface area contributed by atoms with E-state index in [0.29, 0.717) is 22.1 Å². The molecule has 0 fully saturated rings. The van der Waals surface area contributed by atoms with Crippen molar-refractivity contribution >= 4 is 17.4 Å². The molecular weight excluding hydrogens is 241 g/mol. The van der Waals surface area contributed by atoms with Crippen molar-refractivity contribution < 1.29 is 4.39 Å². The molecule has 1 aromatic heterocycles. The van der Waals surface area contributed by atoms with Crippen molar-refractivity contribution in [2.45, 2.75) is 6.92 Å². The van der Waals surface area contributed by atoms with Gasteiger partial charge in [0.15, 0.2) is 17.5 Å². The monoisotopic (exact) mass is 251 g/mol. The standard InChI is InChI=1S/C12H11ClFN3/c1-7-10(14)12(15-2)17-11(16-7)8-5-3-4-6-9(8)13/h3-6H,1-2H3,(H,15,16,17). The van der Waals surface area contributed by atoms with Gasteiger partial charge in [-0.05, 0) is 19.1 Å². The van der Waals surface area contributed by atoms with Crippen LogP contribution in [0.15, 0.2) is 24.3 Å². The predicted molar refractivity (Wildman–Crippen MR) is 66.7 cm³/mol. The molecule has 0 aliphatic rings. The van der Waals surface area contributed by atoms with E-state index >= 15 is 0 Å². The maximum atomic E-state index is 13.6. The molecule has 5 heteroatoms. The van der Waals surface area contributed by atoms with Crippen LogP contribution in [0.25, 0.3) is 11.4 Å². The summed E-state index contributed by atoms with van der Waals surface area (Å²) in [6.45, 7) is 1.60. The van der Waals surface area contributed by atoms with Gasteiger partial charge in [-0.3, -0.25) is 0 Å². The van der Waals surface area contributed by atoms with Gasteiger partial charge in [0.05, 0.1) is 10.7 Å². The molecule has 0 amide bonds. The molecule has 1 heterocycles. The van der Waals surface area contributed by atoms with Gasteiger partial charge in [0.25, 0.3) is 0 Å². The lowest BCUT2D eigenvalue weighted by Gasteiger charge is -2.08. The second-order valence-corrected chi connectivity index (χ2v) is 3.93. The number of aromatic nitrogens is 2. The zero-order valence-corrected chi connectivity index (χ0v) is 10.2. The number of hydrogen-bond donors (Lipinski definition) is 1. The molecule has 3 nitrogen and oxygen atoms in total. The quantitative estimate of drug-likeness (QED) is 0.890. The topological polar surface area (TPSA) is 37.8 Å². The summed E-state index contributed by atoms with van der Waals surface area (Å²) in [4.78, 5) is 8.20. The van der Waals surface area contributed by atoms with E-state index < -0.39 is 5.82 Å². The summed E-state index contributed by atoms with van der Waals surface area (Å²) in [6, 6.07) is 7.20. The van der Waals surface area contributed by atoms with Gasteiger partial charge in [-0.1, -0.05) is 23.7 Å². The highest BCUT2D eigenvalue weighted by molar-refractivity contribution is 6.33. The molecule has 2 rings (SSSR count). The lowest BCUT2D eigenvalue weighted by Crippen LogP contribution is -2.03. The van der Waals surface area contributed by atoms with Gasteiger partial charge in [0.1, 0.15) is 0 Å². The molecular formula is C12H11ClFN3. The van der Waals surface area contributed by atoms with Crippen LogP contribution in [-0.2, 0) is 0 Å². The van der Waals surface area contributed by atoms with Gasteiger partial charge in [-0.2, -0.15) is 0 Å². The molecule has 17 heavy (non-hydrogen) atoms. The third-order valence-electron chi connectivity index (χ3n) is 2.37. The molecule has 0 saturated carbocycles. The predicted octanol–water partition coefficient (Wildman–Crippen LogP) is 3.29. The van der Waals surface area contributed by atoms with E-state index in [0.717, 1.165) is 0 Å². The lowest BCUT2D eigenvalue weighted by molar-refractivity contribution is 0.607. The normalized spacial score (nSPS) is 10.4. The Balaban J connectivity index is 2.61. The Bertz CT molecular complexity index is 557. The van der Waals surface area contributed by atoms with Gasteiger partial charge in [0.2, 0.25) is 0 Å². The number of benzene rings is 1. The van der Waals surface area contributed by atoms with Crippen LogP contribution in [0.4, 0.5) is 10.2 Å². The molecule has 2 aromatic rings. The lowest BCUT2D eigenvalue weighted by atomic mass is 10.2. The van der Waals surface area contributed by atoms with E-state index in [4.69, 9.17) is 11.6 Å². The van der Waals surface area contributed by atoms with Crippen LogP contribution in [-0.4, -0.2) is 17.0 Å². The molecule has 1 aromatic carbocycles. The Hall–Kier alpha value is -1.68. The summed E-state index contributed by atoms with van der Waals surface area (Å²) in [6.07, 6.45) is 0. The first-order valence-electron chi connectivity index (χ1n) is 5.10. The van der Waals surface area contributed by atoms with Crippen LogP contribution in [0.1, 0.15) is 5.69 Å². The first kappa shape index (κ1) is 11.8. The van der Waals surface area contributed by atoms with Crippen LogP contribution in [0.5, 0.6) is 0 Å². The Labute approximate surface area is 104 Å². The minimum absolute atomic E-state index is 0.174. The fourth-order valence-electron chi connectivity index (χ4n) is 1.49. The van der Waals surface area contributed by atoms with Crippen molar-refractivity contribution in [1.29, 1.82) is 0 Å². The number of nitrogens with zero attached hydrogens (tertiary/aromatic N) is 2. The van der Waals surface area contributed by atoms with Crippen molar-refractivity contribution in [1.82, 2.24) is 9.97 Å². The highest BCUT2D eigenvalue weighted by atomic mass is 35.5. The van der Waals surface area contributed by atoms with E-state index in [9.17, 15) is 4.39 Å². The number of aryl methyl sites for hydroxylation is 1. The first-order chi connectivity index (χ1) is 8.13. The maximum absolute atomic E-state index is 13.6. The second-order valence-electron chi connectivity index (χ2n) is 3.53. The van der Waals surface area contributed by atoms with Crippen molar-refractivity contribution in [3.05, 3.63) is 40.8 Å². The molecule has 88 valence electrons. The molecule has 1 N–H and O–H groups in total. The molecule has 0 spiro atoms. The number of rotatable bonds is 2. The molecule has 0 bridgehead atoms. The zero-order valence-electron chi connectivity index (χ0n) is 9.46. The van der Waals surface area contributed by atoms with Crippen LogP contribution in [0.2, 0.25) is 5.02 Å². The van der Waals surface area contributed by atoms with E-state index in [1.54, 1.807) is 26.1 Å². The summed E-state index contributed by atoms with van der Waals surface area (Å²) < 4.78 is 13.6. The van der Waals surface area contributed by atoms with Gasteiger partial charge >= 0.3 is 0 Å². The van der Waals surface area contributed by atoms with E-state index in [2.05, 4.69) is 15.3 Å². The SMILES string of the molecule is CNc1nc(-c2ccccc2Cl)nc(C)c1F. The summed E-state index contributed by atoms with van der Waals surface area (Å²) >= 11 is 6.05. The molecule has 0 unspecified atom stereocenters. The van der Waals surface area contributed by atoms with Crippen LogP contribution >= 0.6 is 11.6 Å². The van der Waals surface area contributed by atoms with E-state index in [-0.39, 0.29) is 5.82 Å². The highest BCUT2D eigenvalue weighted by Crippen LogP contribution is 2.26. The van der Waals surface area contributed by atoms with Gasteiger partial charge in [0, 0.05) is 12.6 Å². The molecule has 0 radical (unpaired) electrons. The molecule has 0 saturated heterocycles. The average Bonchev–Trinajstić information content (AvgIpc) is 2.33. The third-order valence-corrected chi connectivity index (χ3v) is 2.70. The number of nitrogens with one attached hydrogen (secondary N) is 1. The minimum Gasteiger partial charge on any atom is -0.371 e. The average molecular weight is 252 g/mol. The smallest absolute Gasteiger partial charge is 0.186 e.